The normalized spacial score (nSPS) is 21.8. The Morgan fingerprint density at radius 2 is 2.16 bits per heavy atom. The Morgan fingerprint density at radius 1 is 1.47 bits per heavy atom. The van der Waals surface area contributed by atoms with Gasteiger partial charge in [0, 0.05) is 17.8 Å². The maximum Gasteiger partial charge on any atom is 0.168 e. The van der Waals surface area contributed by atoms with Crippen LogP contribution in [-0.2, 0) is 4.79 Å². The molecule has 0 aromatic carbocycles. The molecular weight excluding hydrogens is 256 g/mol. The van der Waals surface area contributed by atoms with Crippen LogP contribution in [0, 0.1) is 11.3 Å². The fourth-order valence-electron chi connectivity index (χ4n) is 1.80. The second kappa shape index (κ2) is 5.87. The van der Waals surface area contributed by atoms with Gasteiger partial charge >= 0.3 is 0 Å². The van der Waals surface area contributed by atoms with Crippen molar-refractivity contribution in [3.05, 3.63) is 23.4 Å². The van der Waals surface area contributed by atoms with Gasteiger partial charge < -0.3 is 5.41 Å². The van der Waals surface area contributed by atoms with Crippen molar-refractivity contribution >= 4 is 28.3 Å². The van der Waals surface area contributed by atoms with Gasteiger partial charge in [-0.05, 0) is 51.2 Å². The summed E-state index contributed by atoms with van der Waals surface area (Å²) >= 11 is 1.48. The van der Waals surface area contributed by atoms with Gasteiger partial charge in [0.2, 0.25) is 0 Å². The van der Waals surface area contributed by atoms with Crippen molar-refractivity contribution < 1.29 is 4.79 Å². The summed E-state index contributed by atoms with van der Waals surface area (Å²) in [4.78, 5) is 16.4. The van der Waals surface area contributed by atoms with Gasteiger partial charge in [-0.1, -0.05) is 17.8 Å². The van der Waals surface area contributed by atoms with Crippen LogP contribution in [0.2, 0.25) is 0 Å². The van der Waals surface area contributed by atoms with Gasteiger partial charge in [-0.3, -0.25) is 9.79 Å². The van der Waals surface area contributed by atoms with Crippen molar-refractivity contribution in [2.75, 3.05) is 0 Å². The molecule has 0 aromatic rings. The average Bonchev–Trinajstić information content (AvgIpc) is 3.16. The van der Waals surface area contributed by atoms with Crippen LogP contribution < -0.4 is 0 Å². The number of nitrogens with one attached hydrogen (secondary N) is 1. The van der Waals surface area contributed by atoms with Crippen LogP contribution >= 0.6 is 11.8 Å². The average molecular weight is 276 g/mol. The Hall–Kier alpha value is -1.16. The third kappa shape index (κ3) is 3.90. The van der Waals surface area contributed by atoms with E-state index in [0.29, 0.717) is 18.1 Å². The lowest BCUT2D eigenvalue weighted by Crippen LogP contribution is -2.18. The molecule has 0 saturated heterocycles. The number of carbonyl (C=O) groups excluding carboxylic acids is 1. The van der Waals surface area contributed by atoms with E-state index < -0.39 is 0 Å². The summed E-state index contributed by atoms with van der Waals surface area (Å²) in [6, 6.07) is 0. The van der Waals surface area contributed by atoms with E-state index in [2.05, 4.69) is 4.99 Å². The van der Waals surface area contributed by atoms with E-state index in [0.717, 1.165) is 16.3 Å². The Bertz CT molecular complexity index is 498. The van der Waals surface area contributed by atoms with E-state index in [9.17, 15) is 4.79 Å². The van der Waals surface area contributed by atoms with E-state index in [1.54, 1.807) is 6.08 Å². The van der Waals surface area contributed by atoms with Crippen LogP contribution in [0.25, 0.3) is 0 Å². The third-order valence-corrected chi connectivity index (χ3v) is 4.58. The summed E-state index contributed by atoms with van der Waals surface area (Å²) < 4.78 is 0. The number of rotatable bonds is 4. The van der Waals surface area contributed by atoms with Gasteiger partial charge in [0.25, 0.3) is 0 Å². The molecule has 0 amide bonds. The number of carbonyl (C=O) groups is 1. The van der Waals surface area contributed by atoms with Crippen LogP contribution in [0.15, 0.2) is 28.4 Å². The van der Waals surface area contributed by atoms with E-state index in [-0.39, 0.29) is 11.0 Å². The SMILES string of the molecule is CC1=C(C)C(=N)CC(SC(C)C(=O)/C=C/C2CC2)=N1. The molecule has 1 aliphatic heterocycles. The first kappa shape index (κ1) is 14.3. The van der Waals surface area contributed by atoms with Crippen LogP contribution in [0.3, 0.4) is 0 Å². The largest absolute Gasteiger partial charge is 0.305 e. The maximum absolute atomic E-state index is 11.9. The highest BCUT2D eigenvalue weighted by molar-refractivity contribution is 8.15. The number of hydrogen-bond donors (Lipinski definition) is 1. The summed E-state index contributed by atoms with van der Waals surface area (Å²) in [6.45, 7) is 5.76. The zero-order valence-electron chi connectivity index (χ0n) is 11.7. The van der Waals surface area contributed by atoms with E-state index >= 15 is 0 Å². The van der Waals surface area contributed by atoms with Crippen LogP contribution in [0.4, 0.5) is 0 Å². The van der Waals surface area contributed by atoms with Gasteiger partial charge in [-0.25, -0.2) is 0 Å². The highest BCUT2D eigenvalue weighted by atomic mass is 32.2. The van der Waals surface area contributed by atoms with Crippen LogP contribution in [0.5, 0.6) is 0 Å². The molecule has 1 atom stereocenters. The van der Waals surface area contributed by atoms with Crippen molar-refractivity contribution in [1.29, 1.82) is 5.41 Å². The Labute approximate surface area is 118 Å². The molecule has 1 unspecified atom stereocenters. The zero-order chi connectivity index (χ0) is 14.0. The predicted molar refractivity (Wildman–Crippen MR) is 82.1 cm³/mol. The second-order valence-corrected chi connectivity index (χ2v) is 6.64. The molecule has 0 radical (unpaired) electrons. The van der Waals surface area contributed by atoms with E-state index in [1.165, 1.54) is 24.6 Å². The quantitative estimate of drug-likeness (QED) is 0.795. The lowest BCUT2D eigenvalue weighted by atomic mass is 10.1. The molecular formula is C15H20N2OS. The van der Waals surface area contributed by atoms with Crippen LogP contribution in [0.1, 0.15) is 40.0 Å². The summed E-state index contributed by atoms with van der Waals surface area (Å²) in [5.74, 6) is 0.782. The molecule has 1 N–H and O–H groups in total. The summed E-state index contributed by atoms with van der Waals surface area (Å²) in [6.07, 6.45) is 6.74. The first-order valence-corrected chi connectivity index (χ1v) is 7.57. The molecule has 1 heterocycles. The second-order valence-electron chi connectivity index (χ2n) is 5.23. The molecule has 0 spiro atoms. The lowest BCUT2D eigenvalue weighted by Gasteiger charge is -2.17. The summed E-state index contributed by atoms with van der Waals surface area (Å²) in [7, 11) is 0. The Balaban J connectivity index is 1.95. The Kier molecular flexibility index (Phi) is 4.40. The number of thioether (sulfide) groups is 1. The third-order valence-electron chi connectivity index (χ3n) is 3.48. The molecule has 4 heteroatoms. The van der Waals surface area contributed by atoms with Crippen molar-refractivity contribution in [3.8, 4) is 0 Å². The summed E-state index contributed by atoms with van der Waals surface area (Å²) in [5, 5.41) is 8.67. The Morgan fingerprint density at radius 3 is 2.74 bits per heavy atom. The summed E-state index contributed by atoms with van der Waals surface area (Å²) in [5.41, 5.74) is 2.46. The van der Waals surface area contributed by atoms with Crippen molar-refractivity contribution in [2.45, 2.75) is 45.3 Å². The predicted octanol–water partition coefficient (Wildman–Crippen LogP) is 3.76. The molecule has 1 aliphatic carbocycles. The smallest absolute Gasteiger partial charge is 0.168 e. The maximum atomic E-state index is 11.9. The molecule has 2 rings (SSSR count). The standard InChI is InChI=1S/C15H20N2OS/c1-9-10(2)17-15(8-13(9)16)19-11(3)14(18)7-6-12-4-5-12/h6-7,11-12,16H,4-5,8H2,1-3H3/b7-6+,16-13?. The topological polar surface area (TPSA) is 53.3 Å². The zero-order valence-corrected chi connectivity index (χ0v) is 12.5. The molecule has 0 bridgehead atoms. The number of aliphatic imine (C=N–C) groups is 1. The minimum atomic E-state index is -0.118. The van der Waals surface area contributed by atoms with Crippen molar-refractivity contribution in [3.63, 3.8) is 0 Å². The molecule has 102 valence electrons. The van der Waals surface area contributed by atoms with Crippen LogP contribution in [-0.4, -0.2) is 21.8 Å². The van der Waals surface area contributed by atoms with E-state index in [1.807, 2.05) is 26.8 Å². The molecule has 2 aliphatic rings. The van der Waals surface area contributed by atoms with Gasteiger partial charge in [0.05, 0.1) is 10.3 Å². The number of hydrogen-bond acceptors (Lipinski definition) is 4. The van der Waals surface area contributed by atoms with Crippen molar-refractivity contribution in [2.24, 2.45) is 10.9 Å². The first-order chi connectivity index (χ1) is 8.97. The highest BCUT2D eigenvalue weighted by Gasteiger charge is 2.21. The molecule has 0 aromatic heterocycles. The minimum absolute atomic E-state index is 0.118. The monoisotopic (exact) mass is 276 g/mol. The number of nitrogens with zero attached hydrogens (tertiary/aromatic N) is 1. The molecule has 1 saturated carbocycles. The fraction of sp³-hybridized carbons (Fsp3) is 0.533. The van der Waals surface area contributed by atoms with E-state index in [4.69, 9.17) is 5.41 Å². The number of allylic oxidation sites excluding steroid dienone is 4. The van der Waals surface area contributed by atoms with Crippen molar-refractivity contribution in [1.82, 2.24) is 0 Å². The highest BCUT2D eigenvalue weighted by Crippen LogP contribution is 2.30. The molecule has 19 heavy (non-hydrogen) atoms. The van der Waals surface area contributed by atoms with Gasteiger partial charge in [0.15, 0.2) is 5.78 Å². The van der Waals surface area contributed by atoms with Gasteiger partial charge in [-0.2, -0.15) is 0 Å². The lowest BCUT2D eigenvalue weighted by molar-refractivity contribution is -0.113. The van der Waals surface area contributed by atoms with Gasteiger partial charge in [-0.15, -0.1) is 0 Å². The fourth-order valence-corrected chi connectivity index (χ4v) is 2.82. The minimum Gasteiger partial charge on any atom is -0.305 e. The van der Waals surface area contributed by atoms with Gasteiger partial charge in [0.1, 0.15) is 0 Å². The molecule has 3 nitrogen and oxygen atoms in total. The first-order valence-electron chi connectivity index (χ1n) is 6.69. The number of ketones is 1. The molecule has 1 fully saturated rings.